The number of amides is 1. The van der Waals surface area contributed by atoms with E-state index >= 15 is 0 Å². The van der Waals surface area contributed by atoms with Crippen molar-refractivity contribution >= 4 is 64.8 Å². The summed E-state index contributed by atoms with van der Waals surface area (Å²) in [6.07, 6.45) is 2.18. The number of benzene rings is 6. The van der Waals surface area contributed by atoms with Crippen LogP contribution in [0.2, 0.25) is 0 Å². The maximum absolute atomic E-state index is 13.3. The first-order valence-corrected chi connectivity index (χ1v) is 24.7. The summed E-state index contributed by atoms with van der Waals surface area (Å²) in [7, 11) is -3.20. The fourth-order valence-corrected chi connectivity index (χ4v) is 8.64. The van der Waals surface area contributed by atoms with Crippen molar-refractivity contribution in [2.24, 2.45) is 20.5 Å². The Morgan fingerprint density at radius 3 is 2.28 bits per heavy atom. The third-order valence-electron chi connectivity index (χ3n) is 11.6. The van der Waals surface area contributed by atoms with Crippen LogP contribution in [0.5, 0.6) is 11.5 Å². The number of nitrogens with one attached hydrogen (secondary N) is 1. The molecule has 2 aliphatic rings. The first-order chi connectivity index (χ1) is 35.5. The van der Waals surface area contributed by atoms with Gasteiger partial charge in [0.15, 0.2) is 11.1 Å². The average molecular weight is 1030 g/mol. The Bertz CT molecular complexity index is 3330. The molecule has 74 heavy (non-hydrogen) atoms. The number of nitrogens with zero attached hydrogens (tertiary/aromatic N) is 6. The number of aliphatic hydroxyl groups is 1. The van der Waals surface area contributed by atoms with Crippen LogP contribution < -0.4 is 25.3 Å². The zero-order valence-electron chi connectivity index (χ0n) is 40.4. The Hall–Kier alpha value is -8.20. The molecule has 0 saturated carbocycles. The lowest BCUT2D eigenvalue weighted by Gasteiger charge is -2.27. The number of phenols is 1. The highest BCUT2D eigenvalue weighted by atomic mass is 31.2. The molecule has 0 bridgehead atoms. The van der Waals surface area contributed by atoms with Gasteiger partial charge in [0.05, 0.1) is 48.8 Å². The minimum atomic E-state index is -4.66. The molecule has 0 aromatic heterocycles. The molecule has 1 unspecified atom stereocenters. The molecule has 5 aromatic carbocycles. The Morgan fingerprint density at radius 1 is 0.797 bits per heavy atom. The molecule has 0 saturated heterocycles. The summed E-state index contributed by atoms with van der Waals surface area (Å²) in [5.41, 5.74) is 4.36. The number of phenolic OH excluding ortho intramolecular Hbond substituents is 1. The normalized spacial score (nSPS) is 12.4. The molecule has 22 heteroatoms. The van der Waals surface area contributed by atoms with Gasteiger partial charge in [-0.1, -0.05) is 18.9 Å². The average Bonchev–Trinajstić information content (AvgIpc) is 3.37. The number of aliphatic hydroxyl groups excluding tert-OH is 1. The third-order valence-corrected chi connectivity index (χ3v) is 12.6. The van der Waals surface area contributed by atoms with Gasteiger partial charge in [-0.15, -0.1) is 15.3 Å². The highest BCUT2D eigenvalue weighted by Crippen LogP contribution is 2.43. The number of methoxy groups -OCH3 is 1. The number of aromatic hydroxyl groups is 1. The fourth-order valence-electron chi connectivity index (χ4n) is 7.91. The highest BCUT2D eigenvalue weighted by molar-refractivity contribution is 7.45. The lowest BCUT2D eigenvalue weighted by molar-refractivity contribution is -0.384. The number of carbonyl (C=O) groups excluding carboxylic acids is 1. The topological polar surface area (TPSA) is 301 Å². The van der Waals surface area contributed by atoms with E-state index in [0.717, 1.165) is 5.56 Å². The van der Waals surface area contributed by atoms with E-state index in [9.17, 15) is 49.3 Å². The van der Waals surface area contributed by atoms with E-state index in [1.165, 1.54) is 67.8 Å². The molecule has 7 rings (SSSR count). The number of hydrogen-bond acceptors (Lipinski definition) is 18. The number of azo groups is 2. The molecular formula is C52H51N7O14P-. The number of carboxylic acids is 1. The fraction of sp³-hybridized carbons (Fsp3) is 0.250. The van der Waals surface area contributed by atoms with Gasteiger partial charge in [0.1, 0.15) is 28.5 Å². The van der Waals surface area contributed by atoms with Crippen molar-refractivity contribution in [1.29, 1.82) is 0 Å². The minimum absolute atomic E-state index is 0.0864. The first-order valence-electron chi connectivity index (χ1n) is 23.2. The van der Waals surface area contributed by atoms with E-state index in [0.29, 0.717) is 76.3 Å². The third kappa shape index (κ3) is 13.6. The number of nitro benzene ring substituents is 1. The second kappa shape index (κ2) is 24.5. The SMILES string of the molecule is COc1cc(N=Nc2ccc(C)cc2[N+](=O)[O-])c(C)cc1N=Nc1ccc(N(CCO)CCOP(=O)([O-])OCCCCCCNC(=O)c2ccc(C(=O)O)c(-c3c4ccc(=O)cc-4oc4cc(O)ccc34)c2)cc1. The van der Waals surface area contributed by atoms with Gasteiger partial charge < -0.3 is 48.6 Å². The van der Waals surface area contributed by atoms with Gasteiger partial charge in [0, 0.05) is 71.7 Å². The number of aryl methyl sites for hydroxylation is 2. The molecule has 4 N–H and O–H groups in total. The number of anilines is 1. The molecule has 0 spiro atoms. The predicted octanol–water partition coefficient (Wildman–Crippen LogP) is 10.6. The van der Waals surface area contributed by atoms with Gasteiger partial charge in [-0.2, -0.15) is 5.11 Å². The Balaban J connectivity index is 0.851. The highest BCUT2D eigenvalue weighted by Gasteiger charge is 2.24. The number of aromatic carboxylic acids is 1. The molecule has 1 aliphatic carbocycles. The summed E-state index contributed by atoms with van der Waals surface area (Å²) < 4.78 is 34.2. The predicted molar refractivity (Wildman–Crippen MR) is 273 cm³/mol. The van der Waals surface area contributed by atoms with Gasteiger partial charge in [-0.3, -0.25) is 24.3 Å². The number of ether oxygens (including phenoxy) is 1. The van der Waals surface area contributed by atoms with E-state index in [1.807, 2.05) is 0 Å². The molecule has 21 nitrogen and oxygen atoms in total. The van der Waals surface area contributed by atoms with Gasteiger partial charge in [-0.25, -0.2) is 4.79 Å². The molecule has 0 fully saturated rings. The second-order valence-electron chi connectivity index (χ2n) is 16.9. The van der Waals surface area contributed by atoms with E-state index in [2.05, 4.69) is 25.8 Å². The van der Waals surface area contributed by atoms with Crippen molar-refractivity contribution in [3.05, 3.63) is 152 Å². The van der Waals surface area contributed by atoms with Crippen LogP contribution in [0.3, 0.4) is 0 Å². The van der Waals surface area contributed by atoms with Crippen LogP contribution in [0, 0.1) is 24.0 Å². The van der Waals surface area contributed by atoms with Crippen molar-refractivity contribution in [3.63, 3.8) is 0 Å². The summed E-state index contributed by atoms with van der Waals surface area (Å²) in [5, 5.41) is 61.8. The molecule has 1 amide bonds. The zero-order valence-corrected chi connectivity index (χ0v) is 41.3. The number of phosphoric ester groups is 1. The molecule has 1 atom stereocenters. The lowest BCUT2D eigenvalue weighted by atomic mass is 9.89. The number of nitro groups is 1. The van der Waals surface area contributed by atoms with Crippen LogP contribution in [0.1, 0.15) is 57.5 Å². The molecule has 1 heterocycles. The Morgan fingerprint density at radius 2 is 1.54 bits per heavy atom. The number of fused-ring (bicyclic) bond motifs is 2. The quantitative estimate of drug-likeness (QED) is 0.0109. The molecule has 1 aliphatic heterocycles. The largest absolute Gasteiger partial charge is 0.756 e. The van der Waals surface area contributed by atoms with E-state index in [4.69, 9.17) is 18.2 Å². The van der Waals surface area contributed by atoms with Crippen molar-refractivity contribution in [1.82, 2.24) is 5.32 Å². The van der Waals surface area contributed by atoms with Crippen LogP contribution >= 0.6 is 7.82 Å². The molecular weight excluding hydrogens is 978 g/mol. The van der Waals surface area contributed by atoms with E-state index in [-0.39, 0.29) is 90.0 Å². The van der Waals surface area contributed by atoms with Gasteiger partial charge in [0.2, 0.25) is 0 Å². The van der Waals surface area contributed by atoms with E-state index in [1.54, 1.807) is 67.3 Å². The van der Waals surface area contributed by atoms with Crippen molar-refractivity contribution in [2.45, 2.75) is 39.5 Å². The van der Waals surface area contributed by atoms with Crippen LogP contribution in [0.25, 0.3) is 33.4 Å². The summed E-state index contributed by atoms with van der Waals surface area (Å²) in [6, 6.07) is 27.5. The maximum atomic E-state index is 13.3. The van der Waals surface area contributed by atoms with Crippen molar-refractivity contribution in [2.75, 3.05) is 51.5 Å². The van der Waals surface area contributed by atoms with Crippen molar-refractivity contribution in [3.8, 4) is 33.9 Å². The number of hydrogen-bond donors (Lipinski definition) is 4. The van der Waals surface area contributed by atoms with Crippen LogP contribution in [0.4, 0.5) is 34.1 Å². The smallest absolute Gasteiger partial charge is 0.336 e. The van der Waals surface area contributed by atoms with Gasteiger partial charge in [-0.05, 0) is 122 Å². The Kier molecular flexibility index (Phi) is 17.7. The van der Waals surface area contributed by atoms with Gasteiger partial charge >= 0.3 is 5.97 Å². The summed E-state index contributed by atoms with van der Waals surface area (Å²) >= 11 is 0. The van der Waals surface area contributed by atoms with Crippen LogP contribution in [-0.4, -0.2) is 78.7 Å². The van der Waals surface area contributed by atoms with Crippen molar-refractivity contribution < 1.29 is 57.5 Å². The van der Waals surface area contributed by atoms with E-state index < -0.39 is 24.6 Å². The number of carbonyl (C=O) groups is 2. The first kappa shape index (κ1) is 53.6. The number of rotatable bonds is 24. The van der Waals surface area contributed by atoms with Crippen LogP contribution in [0.15, 0.2) is 139 Å². The minimum Gasteiger partial charge on any atom is -0.756 e. The number of unbranched alkanes of at least 4 members (excludes halogenated alkanes) is 3. The Labute approximate surface area is 423 Å². The molecule has 0 radical (unpaired) electrons. The monoisotopic (exact) mass is 1030 g/mol. The summed E-state index contributed by atoms with van der Waals surface area (Å²) in [6.45, 7) is 3.52. The summed E-state index contributed by atoms with van der Waals surface area (Å²) in [5.74, 6) is -1.26. The molecule has 384 valence electrons. The summed E-state index contributed by atoms with van der Waals surface area (Å²) in [4.78, 5) is 63.2. The standard InChI is InChI=1S/C52H52N7O14P/c1-32-8-19-43(46(26-32)59(66)67)55-56-44-31-49(70-3)45(27-33(44)2)57-54-35-10-12-36(13-11-35)58(21-23-60)22-25-72-74(68,69)71-24-7-5-4-6-20-53-51(63)34-9-16-39(52(64)65)42(28-34)50-40-17-14-37(61)29-47(40)73-48-30-38(62)15-18-41(48)50/h8-19,26-31,60-61H,4-7,20-25H2,1-3H3,(H,53,63)(H,64,65)(H,68,69)/p-1. The molecule has 5 aromatic rings. The second-order valence-corrected chi connectivity index (χ2v) is 18.3. The number of phosphoric acid groups is 1. The van der Waals surface area contributed by atoms with Crippen LogP contribution in [-0.2, 0) is 13.6 Å². The lowest BCUT2D eigenvalue weighted by Crippen LogP contribution is -2.30. The zero-order chi connectivity index (χ0) is 52.9. The maximum Gasteiger partial charge on any atom is 0.336 e. The number of carboxylic acid groups (broad SMARTS) is 1. The van der Waals surface area contributed by atoms with Gasteiger partial charge in [0.25, 0.3) is 19.4 Å².